The molecule has 1 aliphatic carbocycles. The molecule has 0 bridgehead atoms. The van der Waals surface area contributed by atoms with Gasteiger partial charge < -0.3 is 10.1 Å². The summed E-state index contributed by atoms with van der Waals surface area (Å²) in [4.78, 5) is 2.64. The topological polar surface area (TPSA) is 24.5 Å². The highest BCUT2D eigenvalue weighted by atomic mass is 16.5. The van der Waals surface area contributed by atoms with Gasteiger partial charge in [-0.1, -0.05) is 6.92 Å². The van der Waals surface area contributed by atoms with Gasteiger partial charge in [0.15, 0.2) is 0 Å². The second-order valence-corrected chi connectivity index (χ2v) is 6.31. The average Bonchev–Trinajstić information content (AvgIpc) is 3.15. The van der Waals surface area contributed by atoms with Crippen molar-refractivity contribution in [3.63, 3.8) is 0 Å². The van der Waals surface area contributed by atoms with Crippen LogP contribution in [0.3, 0.4) is 0 Å². The van der Waals surface area contributed by atoms with Crippen molar-refractivity contribution in [3.05, 3.63) is 0 Å². The van der Waals surface area contributed by atoms with Gasteiger partial charge in [-0.05, 0) is 39.0 Å². The lowest BCUT2D eigenvalue weighted by Gasteiger charge is -2.52. The Morgan fingerprint density at radius 1 is 1.35 bits per heavy atom. The van der Waals surface area contributed by atoms with Crippen LogP contribution in [-0.4, -0.2) is 49.3 Å². The Morgan fingerprint density at radius 2 is 2.06 bits per heavy atom. The molecule has 100 valence electrons. The van der Waals surface area contributed by atoms with E-state index in [2.05, 4.69) is 31.0 Å². The smallest absolute Gasteiger partial charge is 0.0589 e. The van der Waals surface area contributed by atoms with Gasteiger partial charge in [0.2, 0.25) is 0 Å². The third-order valence-corrected chi connectivity index (χ3v) is 4.96. The summed E-state index contributed by atoms with van der Waals surface area (Å²) in [7, 11) is 1.80. The minimum absolute atomic E-state index is 0.299. The molecule has 1 heterocycles. The number of methoxy groups -OCH3 is 1. The van der Waals surface area contributed by atoms with Crippen molar-refractivity contribution in [3.8, 4) is 0 Å². The number of hydrogen-bond donors (Lipinski definition) is 1. The van der Waals surface area contributed by atoms with E-state index in [0.29, 0.717) is 11.1 Å². The van der Waals surface area contributed by atoms with E-state index >= 15 is 0 Å². The molecule has 1 aliphatic heterocycles. The Balaban J connectivity index is 2.04. The molecule has 1 N–H and O–H groups in total. The van der Waals surface area contributed by atoms with Gasteiger partial charge in [0, 0.05) is 37.8 Å². The third-order valence-electron chi connectivity index (χ3n) is 4.96. The number of piperazine rings is 1. The largest absolute Gasteiger partial charge is 0.383 e. The molecule has 3 nitrogen and oxygen atoms in total. The highest BCUT2D eigenvalue weighted by Gasteiger charge is 2.48. The van der Waals surface area contributed by atoms with Crippen molar-refractivity contribution in [2.24, 2.45) is 5.92 Å². The SMILES string of the molecule is CCC1(C)CNC(C)(C2CC2)CN1CCOC. The Morgan fingerprint density at radius 3 is 2.59 bits per heavy atom. The average molecular weight is 240 g/mol. The van der Waals surface area contributed by atoms with Crippen LogP contribution in [0.5, 0.6) is 0 Å². The fraction of sp³-hybridized carbons (Fsp3) is 1.00. The molecule has 2 fully saturated rings. The Labute approximate surface area is 106 Å². The summed E-state index contributed by atoms with van der Waals surface area (Å²) in [6.07, 6.45) is 4.01. The minimum atomic E-state index is 0.299. The Kier molecular flexibility index (Phi) is 3.81. The van der Waals surface area contributed by atoms with E-state index in [4.69, 9.17) is 4.74 Å². The van der Waals surface area contributed by atoms with E-state index in [9.17, 15) is 0 Å². The van der Waals surface area contributed by atoms with Gasteiger partial charge in [-0.25, -0.2) is 0 Å². The predicted molar refractivity (Wildman–Crippen MR) is 71.3 cm³/mol. The van der Waals surface area contributed by atoms with Crippen molar-refractivity contribution < 1.29 is 4.74 Å². The maximum absolute atomic E-state index is 5.26. The highest BCUT2D eigenvalue weighted by Crippen LogP contribution is 2.42. The summed E-state index contributed by atoms with van der Waals surface area (Å²) in [5.41, 5.74) is 0.634. The molecule has 1 saturated carbocycles. The molecule has 0 amide bonds. The summed E-state index contributed by atoms with van der Waals surface area (Å²) in [5.74, 6) is 0.897. The molecule has 2 atom stereocenters. The molecule has 0 aromatic carbocycles. The van der Waals surface area contributed by atoms with Gasteiger partial charge in [-0.2, -0.15) is 0 Å². The van der Waals surface area contributed by atoms with Crippen LogP contribution in [0.1, 0.15) is 40.0 Å². The standard InChI is InChI=1S/C14H28N2O/c1-5-13(2)10-15-14(3,12-6-7-12)11-16(13)8-9-17-4/h12,15H,5-11H2,1-4H3. The van der Waals surface area contributed by atoms with Gasteiger partial charge in [0.05, 0.1) is 6.61 Å². The van der Waals surface area contributed by atoms with Gasteiger partial charge in [-0.3, -0.25) is 4.90 Å². The number of nitrogens with zero attached hydrogens (tertiary/aromatic N) is 1. The molecule has 0 aromatic rings. The van der Waals surface area contributed by atoms with Crippen molar-refractivity contribution >= 4 is 0 Å². The van der Waals surface area contributed by atoms with Crippen molar-refractivity contribution in [2.45, 2.75) is 51.1 Å². The van der Waals surface area contributed by atoms with Crippen LogP contribution in [-0.2, 0) is 4.74 Å². The summed E-state index contributed by atoms with van der Waals surface area (Å²) in [6.45, 7) is 11.3. The number of nitrogens with one attached hydrogen (secondary N) is 1. The molecule has 2 aliphatic rings. The molecule has 2 rings (SSSR count). The lowest BCUT2D eigenvalue weighted by Crippen LogP contribution is -2.69. The van der Waals surface area contributed by atoms with E-state index in [0.717, 1.165) is 25.6 Å². The summed E-state index contributed by atoms with van der Waals surface area (Å²) < 4.78 is 5.26. The van der Waals surface area contributed by atoms with Crippen molar-refractivity contribution in [1.82, 2.24) is 10.2 Å². The van der Waals surface area contributed by atoms with E-state index in [1.807, 2.05) is 0 Å². The van der Waals surface area contributed by atoms with Crippen molar-refractivity contribution in [1.29, 1.82) is 0 Å². The Bertz CT molecular complexity index is 267. The fourth-order valence-corrected chi connectivity index (χ4v) is 3.04. The second-order valence-electron chi connectivity index (χ2n) is 6.31. The number of rotatable bonds is 5. The zero-order chi connectivity index (χ0) is 12.5. The Hall–Kier alpha value is -0.120. The first-order chi connectivity index (χ1) is 8.04. The molecule has 17 heavy (non-hydrogen) atoms. The number of ether oxygens (including phenoxy) is 1. The first-order valence-electron chi connectivity index (χ1n) is 7.03. The minimum Gasteiger partial charge on any atom is -0.383 e. The molecule has 2 unspecified atom stereocenters. The molecule has 0 aromatic heterocycles. The first-order valence-corrected chi connectivity index (χ1v) is 7.03. The van der Waals surface area contributed by atoms with Crippen molar-refractivity contribution in [2.75, 3.05) is 33.4 Å². The summed E-state index contributed by atoms with van der Waals surface area (Å²) >= 11 is 0. The monoisotopic (exact) mass is 240 g/mol. The zero-order valence-electron chi connectivity index (χ0n) is 11.9. The van der Waals surface area contributed by atoms with Gasteiger partial charge in [-0.15, -0.1) is 0 Å². The molecule has 1 saturated heterocycles. The molecular weight excluding hydrogens is 212 g/mol. The van der Waals surface area contributed by atoms with Crippen LogP contribution in [0, 0.1) is 5.92 Å². The fourth-order valence-electron chi connectivity index (χ4n) is 3.04. The van der Waals surface area contributed by atoms with Gasteiger partial charge >= 0.3 is 0 Å². The summed E-state index contributed by atoms with van der Waals surface area (Å²) in [6, 6.07) is 0. The van der Waals surface area contributed by atoms with Crippen LogP contribution >= 0.6 is 0 Å². The lowest BCUT2D eigenvalue weighted by molar-refractivity contribution is -0.00458. The maximum Gasteiger partial charge on any atom is 0.0589 e. The molecule has 0 spiro atoms. The molecule has 0 radical (unpaired) electrons. The third kappa shape index (κ3) is 2.67. The molecular formula is C14H28N2O. The van der Waals surface area contributed by atoms with Crippen LogP contribution in [0.15, 0.2) is 0 Å². The van der Waals surface area contributed by atoms with E-state index in [1.54, 1.807) is 7.11 Å². The lowest BCUT2D eigenvalue weighted by atomic mass is 9.84. The zero-order valence-corrected chi connectivity index (χ0v) is 11.9. The van der Waals surface area contributed by atoms with E-state index < -0.39 is 0 Å². The number of hydrogen-bond acceptors (Lipinski definition) is 3. The van der Waals surface area contributed by atoms with Crippen LogP contribution < -0.4 is 5.32 Å². The highest BCUT2D eigenvalue weighted by molar-refractivity contribution is 5.07. The van der Waals surface area contributed by atoms with E-state index in [-0.39, 0.29) is 0 Å². The second kappa shape index (κ2) is 4.87. The predicted octanol–water partition coefficient (Wildman–Crippen LogP) is 1.88. The molecule has 3 heteroatoms. The van der Waals surface area contributed by atoms with Crippen LogP contribution in [0.4, 0.5) is 0 Å². The normalized spacial score (nSPS) is 39.5. The summed E-state index contributed by atoms with van der Waals surface area (Å²) in [5, 5.41) is 3.82. The van der Waals surface area contributed by atoms with Crippen LogP contribution in [0.2, 0.25) is 0 Å². The van der Waals surface area contributed by atoms with Crippen LogP contribution in [0.25, 0.3) is 0 Å². The van der Waals surface area contributed by atoms with Gasteiger partial charge in [0.25, 0.3) is 0 Å². The maximum atomic E-state index is 5.26. The van der Waals surface area contributed by atoms with E-state index in [1.165, 1.54) is 25.8 Å². The first kappa shape index (κ1) is 13.3. The quantitative estimate of drug-likeness (QED) is 0.794. The van der Waals surface area contributed by atoms with Gasteiger partial charge in [0.1, 0.15) is 0 Å².